The maximum atomic E-state index is 13.3. The first-order valence-electron chi connectivity index (χ1n) is 22.9. The third-order valence-electron chi connectivity index (χ3n) is 12.8. The molecule has 6 atom stereocenters. The maximum absolute atomic E-state index is 13.3. The predicted molar refractivity (Wildman–Crippen MR) is 271 cm³/mol. The van der Waals surface area contributed by atoms with E-state index in [-0.39, 0.29) is 6.61 Å². The highest BCUT2D eigenvalue weighted by molar-refractivity contribution is 6.00. The smallest absolute Gasteiger partial charge is 0.243 e. The molecule has 348 valence electrons. The van der Waals surface area contributed by atoms with E-state index < -0.39 is 49.3 Å². The Bertz CT molecular complexity index is 3240. The van der Waals surface area contributed by atoms with Crippen LogP contribution in [0, 0.1) is 20.8 Å². The van der Waals surface area contributed by atoms with Crippen molar-refractivity contribution in [3.63, 3.8) is 0 Å². The number of aryl methyl sites for hydroxylation is 3. The number of hydrogen-bond donors (Lipinski definition) is 8. The van der Waals surface area contributed by atoms with Crippen molar-refractivity contribution >= 4 is 58.0 Å². The number of carbonyl (C=O) groups excluding carboxylic acids is 1. The monoisotopic (exact) mass is 920 g/mol. The molecule has 8 bridgehead atoms. The highest BCUT2D eigenvalue weighted by atomic mass is 16.7. The Morgan fingerprint density at radius 1 is 0.580 bits per heavy atom. The van der Waals surface area contributed by atoms with E-state index in [1.165, 1.54) is 5.56 Å². The lowest BCUT2D eigenvalue weighted by molar-refractivity contribution is -0.301. The van der Waals surface area contributed by atoms with Crippen LogP contribution in [0.3, 0.4) is 0 Å². The zero-order valence-corrected chi connectivity index (χ0v) is 38.2. The molecule has 69 heavy (non-hydrogen) atoms. The zero-order chi connectivity index (χ0) is 47.9. The Hall–Kier alpha value is -7.33. The van der Waals surface area contributed by atoms with Gasteiger partial charge >= 0.3 is 0 Å². The lowest BCUT2D eigenvalue weighted by atomic mass is 9.99. The molecule has 0 aliphatic carbocycles. The molecule has 0 spiro atoms. The number of aromatic amines is 2. The summed E-state index contributed by atoms with van der Waals surface area (Å²) in [7, 11) is 0. The Labute approximate surface area is 398 Å². The third kappa shape index (κ3) is 9.08. The quantitative estimate of drug-likeness (QED) is 0.0657. The van der Waals surface area contributed by atoms with Crippen LogP contribution in [0.15, 0.2) is 121 Å². The molecule has 1 unspecified atom stereocenters. The number of carbonyl (C=O) groups is 1. The SMILES string of the molecule is Cc1ccc(-c2c3nc(c(-c4ccc(C)cc4)c4ccc([nH]4)c(-c4ccc(NC(=O)C(N)CO[C@@H]5O[C@H](CO)[C@@H](O)[C@H](O)[C@H]5O)cc4)c4nc(c(-c5ccc(C)cc5)c5ccc2[nH]5)C=C4)C=C3)cc1. The molecule has 9 N–H and O–H groups in total. The molecule has 3 aliphatic rings. The molecule has 10 rings (SSSR count). The fraction of sp³-hybridized carbons (Fsp3) is 0.196. The number of fused-ring (bicyclic) bond motifs is 8. The van der Waals surface area contributed by atoms with Crippen molar-refractivity contribution in [3.8, 4) is 44.5 Å². The number of aliphatic hydroxyl groups is 4. The minimum atomic E-state index is -1.62. The van der Waals surface area contributed by atoms with Crippen LogP contribution >= 0.6 is 0 Å². The van der Waals surface area contributed by atoms with Crippen molar-refractivity contribution in [3.05, 3.63) is 161 Å². The normalized spacial score (nSPS) is 19.2. The van der Waals surface area contributed by atoms with Gasteiger partial charge in [-0.25, -0.2) is 9.97 Å². The molecule has 7 aromatic rings. The molecule has 6 heterocycles. The minimum absolute atomic E-state index is 0.384. The summed E-state index contributed by atoms with van der Waals surface area (Å²) in [4.78, 5) is 31.7. The van der Waals surface area contributed by atoms with E-state index in [1.807, 2.05) is 24.3 Å². The van der Waals surface area contributed by atoms with Crippen LogP contribution in [0.2, 0.25) is 0 Å². The maximum Gasteiger partial charge on any atom is 0.243 e. The van der Waals surface area contributed by atoms with Crippen LogP contribution < -0.4 is 11.1 Å². The predicted octanol–water partition coefficient (Wildman–Crippen LogP) is 8.33. The van der Waals surface area contributed by atoms with Gasteiger partial charge in [0.05, 0.1) is 36.0 Å². The molecule has 3 aliphatic heterocycles. The number of ether oxygens (including phenoxy) is 2. The molecule has 13 heteroatoms. The van der Waals surface area contributed by atoms with Crippen LogP contribution in [0.1, 0.15) is 39.5 Å². The Balaban J connectivity index is 1.11. The van der Waals surface area contributed by atoms with Gasteiger partial charge < -0.3 is 50.9 Å². The van der Waals surface area contributed by atoms with Crippen molar-refractivity contribution in [1.82, 2.24) is 19.9 Å². The number of benzene rings is 4. The van der Waals surface area contributed by atoms with E-state index in [1.54, 1.807) is 12.1 Å². The topological polar surface area (TPSA) is 212 Å². The summed E-state index contributed by atoms with van der Waals surface area (Å²) < 4.78 is 10.9. The summed E-state index contributed by atoms with van der Waals surface area (Å²) in [5.41, 5.74) is 24.3. The number of rotatable bonds is 10. The second-order valence-corrected chi connectivity index (χ2v) is 17.8. The van der Waals surface area contributed by atoms with E-state index in [2.05, 4.69) is 145 Å². The average molecular weight is 921 g/mol. The number of hydrogen-bond acceptors (Lipinski definition) is 10. The van der Waals surface area contributed by atoms with Gasteiger partial charge in [0.25, 0.3) is 0 Å². The molecule has 1 fully saturated rings. The molecule has 13 nitrogen and oxygen atoms in total. The summed E-state index contributed by atoms with van der Waals surface area (Å²) >= 11 is 0. The van der Waals surface area contributed by atoms with Crippen LogP contribution in [0.4, 0.5) is 5.69 Å². The minimum Gasteiger partial charge on any atom is -0.394 e. The zero-order valence-electron chi connectivity index (χ0n) is 38.2. The number of amides is 1. The molecular formula is C56H52N6O7. The number of nitrogens with zero attached hydrogens (tertiary/aromatic N) is 2. The largest absolute Gasteiger partial charge is 0.394 e. The lowest BCUT2D eigenvalue weighted by Gasteiger charge is -2.39. The number of anilines is 1. The first kappa shape index (κ1) is 45.5. The number of nitrogens with two attached hydrogens (primary N) is 1. The van der Waals surface area contributed by atoms with Crippen molar-refractivity contribution in [1.29, 1.82) is 0 Å². The molecule has 3 aromatic heterocycles. The van der Waals surface area contributed by atoms with Gasteiger partial charge in [-0.1, -0.05) is 102 Å². The van der Waals surface area contributed by atoms with Gasteiger partial charge in [-0.2, -0.15) is 0 Å². The standard InChI is InChI=1S/C56H52N6O7/c1-30-4-10-33(11-5-30)48-39-20-22-41(59-39)49(34-12-6-31(2)7-13-34)43-24-26-45(61-43)51(46-27-25-44(62-46)50(42-23-21-40(48)60-42)35-14-8-32(3)9-15-35)36-16-18-37(19-17-36)58-55(67)38(57)29-68-56-54(66)53(65)52(64)47(28-63)69-56/h4-27,38,47,52-54,56,59,62-66H,28-29,57H2,1-3H3,(H,58,67)/t38?,47-,52-,53+,54-,56-/m1/s1. The summed E-state index contributed by atoms with van der Waals surface area (Å²) in [6, 6.07) is 40.0. The fourth-order valence-corrected chi connectivity index (χ4v) is 9.02. The summed E-state index contributed by atoms with van der Waals surface area (Å²) in [5, 5.41) is 43.0. The van der Waals surface area contributed by atoms with E-state index in [4.69, 9.17) is 25.2 Å². The lowest BCUT2D eigenvalue weighted by Crippen LogP contribution is -2.59. The summed E-state index contributed by atoms with van der Waals surface area (Å²) in [6.07, 6.45) is 0.886. The van der Waals surface area contributed by atoms with Crippen molar-refractivity contribution in [2.75, 3.05) is 18.5 Å². The Morgan fingerprint density at radius 3 is 1.30 bits per heavy atom. The van der Waals surface area contributed by atoms with Crippen molar-refractivity contribution in [2.24, 2.45) is 5.73 Å². The number of aromatic nitrogens is 4. The van der Waals surface area contributed by atoms with Crippen molar-refractivity contribution in [2.45, 2.75) is 57.5 Å². The van der Waals surface area contributed by atoms with Gasteiger partial charge in [0.2, 0.25) is 5.91 Å². The molecule has 1 amide bonds. The van der Waals surface area contributed by atoms with Crippen LogP contribution in [-0.4, -0.2) is 96.2 Å². The highest BCUT2D eigenvalue weighted by Gasteiger charge is 2.44. The second kappa shape index (κ2) is 19.0. The average Bonchev–Trinajstić information content (AvgIpc) is 4.21. The van der Waals surface area contributed by atoms with E-state index >= 15 is 0 Å². The van der Waals surface area contributed by atoms with Crippen molar-refractivity contribution < 1.29 is 34.7 Å². The summed E-state index contributed by atoms with van der Waals surface area (Å²) in [6.45, 7) is 5.24. The first-order chi connectivity index (χ1) is 33.4. The Kier molecular flexibility index (Phi) is 12.5. The number of nitrogens with one attached hydrogen (secondary N) is 3. The van der Waals surface area contributed by atoms with Crippen LogP contribution in [0.25, 0.3) is 90.9 Å². The highest BCUT2D eigenvalue weighted by Crippen LogP contribution is 2.39. The van der Waals surface area contributed by atoms with Gasteiger partial charge in [-0.3, -0.25) is 4.79 Å². The first-order valence-corrected chi connectivity index (χ1v) is 22.9. The van der Waals surface area contributed by atoms with E-state index in [0.29, 0.717) is 5.69 Å². The molecule has 1 saturated heterocycles. The third-order valence-corrected chi connectivity index (χ3v) is 12.8. The number of aliphatic hydroxyl groups excluding tert-OH is 4. The van der Waals surface area contributed by atoms with Gasteiger partial charge in [-0.05, 0) is 104 Å². The van der Waals surface area contributed by atoms with E-state index in [9.17, 15) is 25.2 Å². The molecule has 4 aromatic carbocycles. The number of H-pyrrole nitrogens is 2. The van der Waals surface area contributed by atoms with Gasteiger partial charge in [0, 0.05) is 50.0 Å². The molecule has 0 saturated carbocycles. The van der Waals surface area contributed by atoms with Crippen LogP contribution in [0.5, 0.6) is 0 Å². The van der Waals surface area contributed by atoms with E-state index in [0.717, 1.165) is 100 Å². The van der Waals surface area contributed by atoms with Crippen LogP contribution in [-0.2, 0) is 14.3 Å². The van der Waals surface area contributed by atoms with Gasteiger partial charge in [-0.15, -0.1) is 0 Å². The Morgan fingerprint density at radius 2 is 0.942 bits per heavy atom. The molecular weight excluding hydrogens is 869 g/mol. The van der Waals surface area contributed by atoms with Gasteiger partial charge in [0.1, 0.15) is 30.5 Å². The summed E-state index contributed by atoms with van der Waals surface area (Å²) in [5.74, 6) is -0.570. The fourth-order valence-electron chi connectivity index (χ4n) is 9.02. The van der Waals surface area contributed by atoms with Gasteiger partial charge in [0.15, 0.2) is 6.29 Å². The molecule has 0 radical (unpaired) electrons. The second-order valence-electron chi connectivity index (χ2n) is 17.8.